The van der Waals surface area contributed by atoms with Crippen molar-refractivity contribution in [2.45, 2.75) is 12.8 Å². The highest BCUT2D eigenvalue weighted by Crippen LogP contribution is 2.15. The van der Waals surface area contributed by atoms with Crippen LogP contribution in [0.25, 0.3) is 11.4 Å². The fourth-order valence-electron chi connectivity index (χ4n) is 2.52. The molecule has 140 valence electrons. The molecule has 8 heteroatoms. The number of aryl methyl sites for hydroxylation is 1. The predicted octanol–water partition coefficient (Wildman–Crippen LogP) is 3.40. The van der Waals surface area contributed by atoms with E-state index in [0.29, 0.717) is 24.0 Å². The summed E-state index contributed by atoms with van der Waals surface area (Å²) in [7, 11) is 1.90. The molecule has 7 nitrogen and oxygen atoms in total. The Balaban J connectivity index is 1.40. The molecule has 1 amide bonds. The number of hydrogen-bond acceptors (Lipinski definition) is 6. The Morgan fingerprint density at radius 1 is 1.22 bits per heavy atom. The zero-order valence-electron chi connectivity index (χ0n) is 14.9. The molecule has 27 heavy (non-hydrogen) atoms. The van der Waals surface area contributed by atoms with Crippen LogP contribution in [-0.4, -0.2) is 46.1 Å². The third kappa shape index (κ3) is 5.97. The van der Waals surface area contributed by atoms with Crippen LogP contribution in [0, 0.1) is 0 Å². The van der Waals surface area contributed by atoms with Gasteiger partial charge in [0.25, 0.3) is 0 Å². The summed E-state index contributed by atoms with van der Waals surface area (Å²) in [5.41, 5.74) is 0.933. The van der Waals surface area contributed by atoms with Gasteiger partial charge in [-0.1, -0.05) is 35.5 Å². The number of hydrogen-bond donors (Lipinski definition) is 1. The van der Waals surface area contributed by atoms with Crippen molar-refractivity contribution >= 4 is 27.7 Å². The number of pyridine rings is 1. The Labute approximate surface area is 165 Å². The SMILES string of the molecule is CN(CCCc1nc(-c2ccccc2)no1)CC(=O)Nc1ccc(Br)cn1. The minimum absolute atomic E-state index is 0.100. The van der Waals surface area contributed by atoms with Gasteiger partial charge in [0.2, 0.25) is 17.6 Å². The van der Waals surface area contributed by atoms with Crippen LogP contribution in [0.1, 0.15) is 12.3 Å². The summed E-state index contributed by atoms with van der Waals surface area (Å²) in [4.78, 5) is 22.5. The Hall–Kier alpha value is -2.58. The molecule has 2 aromatic heterocycles. The van der Waals surface area contributed by atoms with Crippen molar-refractivity contribution < 1.29 is 9.32 Å². The minimum atomic E-state index is -0.100. The van der Waals surface area contributed by atoms with Gasteiger partial charge in [0.05, 0.1) is 6.54 Å². The lowest BCUT2D eigenvalue weighted by Gasteiger charge is -2.15. The number of amides is 1. The molecule has 2 heterocycles. The van der Waals surface area contributed by atoms with Crippen molar-refractivity contribution in [2.24, 2.45) is 0 Å². The Bertz CT molecular complexity index is 867. The summed E-state index contributed by atoms with van der Waals surface area (Å²) in [5, 5.41) is 6.79. The number of halogens is 1. The number of carbonyl (C=O) groups is 1. The van der Waals surface area contributed by atoms with E-state index >= 15 is 0 Å². The van der Waals surface area contributed by atoms with E-state index in [1.165, 1.54) is 0 Å². The zero-order valence-corrected chi connectivity index (χ0v) is 16.5. The highest BCUT2D eigenvalue weighted by molar-refractivity contribution is 9.10. The molecule has 1 aromatic carbocycles. The number of likely N-dealkylation sites (N-methyl/N-ethyl adjacent to an activating group) is 1. The first-order valence-corrected chi connectivity index (χ1v) is 9.37. The number of anilines is 1. The van der Waals surface area contributed by atoms with Gasteiger partial charge in [-0.2, -0.15) is 4.98 Å². The molecule has 0 saturated carbocycles. The lowest BCUT2D eigenvalue weighted by Crippen LogP contribution is -2.31. The lowest BCUT2D eigenvalue weighted by molar-refractivity contribution is -0.117. The Morgan fingerprint density at radius 3 is 2.78 bits per heavy atom. The molecule has 3 aromatic rings. The van der Waals surface area contributed by atoms with E-state index in [1.807, 2.05) is 48.3 Å². The third-order valence-electron chi connectivity index (χ3n) is 3.84. The van der Waals surface area contributed by atoms with Gasteiger partial charge in [-0.3, -0.25) is 9.69 Å². The molecule has 0 fully saturated rings. The maximum absolute atomic E-state index is 12.1. The number of rotatable bonds is 8. The molecule has 0 aliphatic carbocycles. The largest absolute Gasteiger partial charge is 0.339 e. The highest BCUT2D eigenvalue weighted by atomic mass is 79.9. The smallest absolute Gasteiger partial charge is 0.239 e. The van der Waals surface area contributed by atoms with Crippen molar-refractivity contribution in [1.82, 2.24) is 20.0 Å². The van der Waals surface area contributed by atoms with Crippen LogP contribution in [0.2, 0.25) is 0 Å². The summed E-state index contributed by atoms with van der Waals surface area (Å²) in [6.07, 6.45) is 3.13. The van der Waals surface area contributed by atoms with Gasteiger partial charge >= 0.3 is 0 Å². The summed E-state index contributed by atoms with van der Waals surface area (Å²) in [6.45, 7) is 1.03. The second kappa shape index (κ2) is 9.38. The zero-order chi connectivity index (χ0) is 19.1. The third-order valence-corrected chi connectivity index (χ3v) is 4.31. The number of nitrogens with zero attached hydrogens (tertiary/aromatic N) is 4. The second-order valence-electron chi connectivity index (χ2n) is 6.13. The number of nitrogens with one attached hydrogen (secondary N) is 1. The molecular formula is C19H20BrN5O2. The van der Waals surface area contributed by atoms with Gasteiger partial charge in [-0.25, -0.2) is 4.98 Å². The molecule has 0 radical (unpaired) electrons. The van der Waals surface area contributed by atoms with E-state index in [4.69, 9.17) is 4.52 Å². The number of benzene rings is 1. The van der Waals surface area contributed by atoms with E-state index < -0.39 is 0 Å². The van der Waals surface area contributed by atoms with Crippen molar-refractivity contribution in [3.63, 3.8) is 0 Å². The Morgan fingerprint density at radius 2 is 2.04 bits per heavy atom. The average molecular weight is 430 g/mol. The standard InChI is InChI=1S/C19H20BrN5O2/c1-25(13-17(26)22-16-10-9-15(20)12-21-16)11-5-8-18-23-19(24-27-18)14-6-3-2-4-7-14/h2-4,6-7,9-10,12H,5,8,11,13H2,1H3,(H,21,22,26). The van der Waals surface area contributed by atoms with Gasteiger partial charge < -0.3 is 9.84 Å². The van der Waals surface area contributed by atoms with Gasteiger partial charge in [0, 0.05) is 22.7 Å². The van der Waals surface area contributed by atoms with Crippen molar-refractivity contribution in [3.05, 3.63) is 59.0 Å². The molecule has 0 saturated heterocycles. The topological polar surface area (TPSA) is 84.2 Å². The van der Waals surface area contributed by atoms with Crippen LogP contribution >= 0.6 is 15.9 Å². The number of aromatic nitrogens is 3. The maximum atomic E-state index is 12.1. The number of carbonyl (C=O) groups excluding carboxylic acids is 1. The molecule has 0 bridgehead atoms. The van der Waals surface area contributed by atoms with Gasteiger partial charge in [-0.05, 0) is 48.1 Å². The molecule has 1 N–H and O–H groups in total. The summed E-state index contributed by atoms with van der Waals surface area (Å²) < 4.78 is 6.17. The van der Waals surface area contributed by atoms with Crippen LogP contribution < -0.4 is 5.32 Å². The monoisotopic (exact) mass is 429 g/mol. The van der Waals surface area contributed by atoms with Crippen molar-refractivity contribution in [3.8, 4) is 11.4 Å². The summed E-state index contributed by atoms with van der Waals surface area (Å²) in [5.74, 6) is 1.64. The van der Waals surface area contributed by atoms with Crippen LogP contribution in [-0.2, 0) is 11.2 Å². The van der Waals surface area contributed by atoms with Gasteiger partial charge in [-0.15, -0.1) is 0 Å². The van der Waals surface area contributed by atoms with Crippen LogP contribution in [0.5, 0.6) is 0 Å². The molecule has 0 aliphatic heterocycles. The highest BCUT2D eigenvalue weighted by Gasteiger charge is 2.10. The van der Waals surface area contributed by atoms with E-state index in [9.17, 15) is 4.79 Å². The van der Waals surface area contributed by atoms with Crippen molar-refractivity contribution in [1.29, 1.82) is 0 Å². The molecule has 0 aliphatic rings. The fraction of sp³-hybridized carbons (Fsp3) is 0.263. The second-order valence-corrected chi connectivity index (χ2v) is 7.04. The lowest BCUT2D eigenvalue weighted by atomic mass is 10.2. The average Bonchev–Trinajstić information content (AvgIpc) is 3.13. The predicted molar refractivity (Wildman–Crippen MR) is 106 cm³/mol. The summed E-state index contributed by atoms with van der Waals surface area (Å²) in [6, 6.07) is 13.3. The van der Waals surface area contributed by atoms with Crippen LogP contribution in [0.4, 0.5) is 5.82 Å². The molecule has 0 spiro atoms. The Kier molecular flexibility index (Phi) is 6.67. The maximum Gasteiger partial charge on any atom is 0.239 e. The fourth-order valence-corrected chi connectivity index (χ4v) is 2.75. The quantitative estimate of drug-likeness (QED) is 0.590. The van der Waals surface area contributed by atoms with Crippen molar-refractivity contribution in [2.75, 3.05) is 25.5 Å². The molecule has 0 unspecified atom stereocenters. The molecular weight excluding hydrogens is 410 g/mol. The first kappa shape index (κ1) is 19.2. The van der Waals surface area contributed by atoms with Crippen LogP contribution in [0.15, 0.2) is 57.7 Å². The normalized spacial score (nSPS) is 10.9. The van der Waals surface area contributed by atoms with E-state index in [2.05, 4.69) is 36.4 Å². The van der Waals surface area contributed by atoms with E-state index in [1.54, 1.807) is 12.3 Å². The summed E-state index contributed by atoms with van der Waals surface area (Å²) >= 11 is 3.31. The first-order chi connectivity index (χ1) is 13.1. The first-order valence-electron chi connectivity index (χ1n) is 8.58. The van der Waals surface area contributed by atoms with E-state index in [-0.39, 0.29) is 12.5 Å². The van der Waals surface area contributed by atoms with E-state index in [0.717, 1.165) is 23.0 Å². The van der Waals surface area contributed by atoms with Crippen LogP contribution in [0.3, 0.4) is 0 Å². The minimum Gasteiger partial charge on any atom is -0.339 e. The van der Waals surface area contributed by atoms with Gasteiger partial charge in [0.1, 0.15) is 5.82 Å². The molecule has 0 atom stereocenters. The molecule has 3 rings (SSSR count). The van der Waals surface area contributed by atoms with Gasteiger partial charge in [0.15, 0.2) is 0 Å².